The standard InChI is InChI=1S/C16H18F3NS/c1-10-4-9-15(21-10)12(3)20-11(2)13-5-7-14(8-6-13)16(17,18)19/h4-9,11-12,20H,1-3H3. The topological polar surface area (TPSA) is 12.0 Å². The lowest BCUT2D eigenvalue weighted by Crippen LogP contribution is -2.21. The second-order valence-electron chi connectivity index (χ2n) is 5.18. The van der Waals surface area contributed by atoms with Crippen LogP contribution in [0.2, 0.25) is 0 Å². The highest BCUT2D eigenvalue weighted by Crippen LogP contribution is 2.30. The van der Waals surface area contributed by atoms with E-state index in [2.05, 4.69) is 31.3 Å². The predicted molar refractivity (Wildman–Crippen MR) is 80.5 cm³/mol. The minimum Gasteiger partial charge on any atom is -0.303 e. The Kier molecular flexibility index (Phi) is 4.74. The highest BCUT2D eigenvalue weighted by molar-refractivity contribution is 7.12. The first-order valence-electron chi connectivity index (χ1n) is 6.77. The van der Waals surface area contributed by atoms with Crippen molar-refractivity contribution in [1.82, 2.24) is 5.32 Å². The highest BCUT2D eigenvalue weighted by Gasteiger charge is 2.30. The largest absolute Gasteiger partial charge is 0.416 e. The van der Waals surface area contributed by atoms with Crippen LogP contribution in [-0.4, -0.2) is 0 Å². The maximum absolute atomic E-state index is 12.5. The van der Waals surface area contributed by atoms with E-state index in [1.54, 1.807) is 11.3 Å². The van der Waals surface area contributed by atoms with E-state index in [1.807, 2.05) is 6.92 Å². The minimum absolute atomic E-state index is 0.00955. The third-order valence-corrected chi connectivity index (χ3v) is 4.61. The van der Waals surface area contributed by atoms with Gasteiger partial charge in [-0.25, -0.2) is 0 Å². The Labute approximate surface area is 126 Å². The van der Waals surface area contributed by atoms with E-state index >= 15 is 0 Å². The van der Waals surface area contributed by atoms with E-state index in [9.17, 15) is 13.2 Å². The molecule has 0 aliphatic carbocycles. The van der Waals surface area contributed by atoms with Crippen LogP contribution < -0.4 is 5.32 Å². The quantitative estimate of drug-likeness (QED) is 0.787. The average molecular weight is 313 g/mol. The molecular formula is C16H18F3NS. The van der Waals surface area contributed by atoms with Gasteiger partial charge in [-0.15, -0.1) is 11.3 Å². The van der Waals surface area contributed by atoms with Gasteiger partial charge >= 0.3 is 6.18 Å². The molecule has 2 rings (SSSR count). The first-order valence-corrected chi connectivity index (χ1v) is 7.58. The Morgan fingerprint density at radius 3 is 2.05 bits per heavy atom. The Balaban J connectivity index is 2.04. The van der Waals surface area contributed by atoms with Crippen LogP contribution in [0.25, 0.3) is 0 Å². The van der Waals surface area contributed by atoms with Crippen LogP contribution in [0.5, 0.6) is 0 Å². The van der Waals surface area contributed by atoms with Gasteiger partial charge in [0.15, 0.2) is 0 Å². The molecule has 5 heteroatoms. The number of nitrogens with one attached hydrogen (secondary N) is 1. The molecule has 0 saturated carbocycles. The predicted octanol–water partition coefficient (Wildman–Crippen LogP) is 5.49. The van der Waals surface area contributed by atoms with Gasteiger partial charge in [-0.2, -0.15) is 13.2 Å². The first kappa shape index (κ1) is 16.0. The van der Waals surface area contributed by atoms with Crippen LogP contribution in [0.4, 0.5) is 13.2 Å². The second kappa shape index (κ2) is 6.20. The summed E-state index contributed by atoms with van der Waals surface area (Å²) in [5, 5.41) is 3.41. The minimum atomic E-state index is -4.28. The van der Waals surface area contributed by atoms with Gasteiger partial charge in [-0.1, -0.05) is 12.1 Å². The van der Waals surface area contributed by atoms with Crippen molar-refractivity contribution in [2.45, 2.75) is 39.0 Å². The Hall–Kier alpha value is -1.33. The summed E-state index contributed by atoms with van der Waals surface area (Å²) in [6.45, 7) is 6.07. The number of rotatable bonds is 4. The Morgan fingerprint density at radius 1 is 0.952 bits per heavy atom. The molecule has 1 aromatic carbocycles. The van der Waals surface area contributed by atoms with Crippen molar-refractivity contribution in [2.24, 2.45) is 0 Å². The molecule has 0 saturated heterocycles. The summed E-state index contributed by atoms with van der Waals surface area (Å²) in [7, 11) is 0. The van der Waals surface area contributed by atoms with Crippen molar-refractivity contribution in [1.29, 1.82) is 0 Å². The number of aryl methyl sites for hydroxylation is 1. The molecule has 2 atom stereocenters. The normalized spacial score (nSPS) is 15.0. The van der Waals surface area contributed by atoms with Gasteiger partial charge in [0.25, 0.3) is 0 Å². The van der Waals surface area contributed by atoms with Crippen LogP contribution in [0.1, 0.15) is 46.8 Å². The van der Waals surface area contributed by atoms with E-state index in [0.717, 1.165) is 17.7 Å². The molecule has 0 fully saturated rings. The fourth-order valence-corrected chi connectivity index (χ4v) is 3.09. The van der Waals surface area contributed by atoms with Crippen LogP contribution in [0.3, 0.4) is 0 Å². The van der Waals surface area contributed by atoms with Crippen molar-refractivity contribution in [3.05, 3.63) is 57.3 Å². The summed E-state index contributed by atoms with van der Waals surface area (Å²) >= 11 is 1.73. The lowest BCUT2D eigenvalue weighted by atomic mass is 10.0. The van der Waals surface area contributed by atoms with Gasteiger partial charge < -0.3 is 5.32 Å². The number of thiophene rings is 1. The molecular weight excluding hydrogens is 295 g/mol. The SMILES string of the molecule is Cc1ccc(C(C)NC(C)c2ccc(C(F)(F)F)cc2)s1. The average Bonchev–Trinajstić information content (AvgIpc) is 2.84. The zero-order chi connectivity index (χ0) is 15.6. The van der Waals surface area contributed by atoms with Crippen molar-refractivity contribution >= 4 is 11.3 Å². The molecule has 1 heterocycles. The molecule has 1 N–H and O–H groups in total. The van der Waals surface area contributed by atoms with Gasteiger partial charge in [0, 0.05) is 21.8 Å². The smallest absolute Gasteiger partial charge is 0.303 e. The van der Waals surface area contributed by atoms with Crippen molar-refractivity contribution < 1.29 is 13.2 Å². The van der Waals surface area contributed by atoms with Crippen molar-refractivity contribution in [2.75, 3.05) is 0 Å². The number of halogens is 3. The number of hydrogen-bond acceptors (Lipinski definition) is 2. The summed E-state index contributed by atoms with van der Waals surface area (Å²) in [6, 6.07) is 9.64. The van der Waals surface area contributed by atoms with E-state index < -0.39 is 11.7 Å². The summed E-state index contributed by atoms with van der Waals surface area (Å²) in [4.78, 5) is 2.48. The van der Waals surface area contributed by atoms with Crippen LogP contribution in [-0.2, 0) is 6.18 Å². The molecule has 114 valence electrons. The maximum atomic E-state index is 12.5. The lowest BCUT2D eigenvalue weighted by Gasteiger charge is -2.20. The van der Waals surface area contributed by atoms with Crippen LogP contribution >= 0.6 is 11.3 Å². The van der Waals surface area contributed by atoms with Crippen LogP contribution in [0, 0.1) is 6.92 Å². The summed E-state index contributed by atoms with van der Waals surface area (Å²) in [5.74, 6) is 0. The van der Waals surface area contributed by atoms with Gasteiger partial charge in [0.2, 0.25) is 0 Å². The summed E-state index contributed by atoms with van der Waals surface area (Å²) < 4.78 is 37.6. The van der Waals surface area contributed by atoms with Crippen molar-refractivity contribution in [3.8, 4) is 0 Å². The molecule has 0 spiro atoms. The van der Waals surface area contributed by atoms with Gasteiger partial charge in [0.1, 0.15) is 0 Å². The van der Waals surface area contributed by atoms with Gasteiger partial charge in [-0.3, -0.25) is 0 Å². The van der Waals surface area contributed by atoms with Crippen LogP contribution in [0.15, 0.2) is 36.4 Å². The zero-order valence-electron chi connectivity index (χ0n) is 12.2. The molecule has 21 heavy (non-hydrogen) atoms. The van der Waals surface area contributed by atoms with E-state index in [4.69, 9.17) is 0 Å². The third kappa shape index (κ3) is 4.08. The summed E-state index contributed by atoms with van der Waals surface area (Å²) in [5.41, 5.74) is 0.239. The monoisotopic (exact) mass is 313 g/mol. The van der Waals surface area contributed by atoms with E-state index in [1.165, 1.54) is 21.9 Å². The molecule has 1 nitrogen and oxygen atoms in total. The van der Waals surface area contributed by atoms with Crippen molar-refractivity contribution in [3.63, 3.8) is 0 Å². The van der Waals surface area contributed by atoms with E-state index in [-0.39, 0.29) is 12.1 Å². The Bertz CT molecular complexity index is 586. The van der Waals surface area contributed by atoms with Gasteiger partial charge in [-0.05, 0) is 50.6 Å². The number of alkyl halides is 3. The molecule has 0 radical (unpaired) electrons. The third-order valence-electron chi connectivity index (χ3n) is 3.43. The molecule has 0 aliphatic rings. The first-order chi connectivity index (χ1) is 9.77. The molecule has 2 aromatic rings. The molecule has 2 unspecified atom stereocenters. The zero-order valence-corrected chi connectivity index (χ0v) is 13.0. The molecule has 0 amide bonds. The van der Waals surface area contributed by atoms with Gasteiger partial charge in [0.05, 0.1) is 5.56 Å². The fraction of sp³-hybridized carbons (Fsp3) is 0.375. The lowest BCUT2D eigenvalue weighted by molar-refractivity contribution is -0.137. The Morgan fingerprint density at radius 2 is 1.57 bits per heavy atom. The number of hydrogen-bond donors (Lipinski definition) is 1. The molecule has 0 aliphatic heterocycles. The molecule has 1 aromatic heterocycles. The number of benzene rings is 1. The van der Waals surface area contributed by atoms with E-state index in [0.29, 0.717) is 0 Å². The fourth-order valence-electron chi connectivity index (χ4n) is 2.20. The molecule has 0 bridgehead atoms. The highest BCUT2D eigenvalue weighted by atomic mass is 32.1. The summed E-state index contributed by atoms with van der Waals surface area (Å²) in [6.07, 6.45) is -4.28. The maximum Gasteiger partial charge on any atom is 0.416 e. The second-order valence-corrected chi connectivity index (χ2v) is 6.50.